The number of rotatable bonds is 7. The Bertz CT molecular complexity index is 893. The van der Waals surface area contributed by atoms with E-state index >= 15 is 0 Å². The number of ether oxygens (including phenoxy) is 1. The van der Waals surface area contributed by atoms with E-state index in [4.69, 9.17) is 4.74 Å². The second-order valence-electron chi connectivity index (χ2n) is 7.10. The molecule has 2 aromatic carbocycles. The van der Waals surface area contributed by atoms with Crippen LogP contribution in [0.15, 0.2) is 67.0 Å². The van der Waals surface area contributed by atoms with Crippen LogP contribution in [0.4, 0.5) is 17.3 Å². The maximum Gasteiger partial charge on any atom is 0.134 e. The number of methoxy groups -OCH3 is 1. The lowest BCUT2D eigenvalue weighted by Gasteiger charge is -2.36. The van der Waals surface area contributed by atoms with Crippen molar-refractivity contribution < 1.29 is 4.74 Å². The fourth-order valence-corrected chi connectivity index (χ4v) is 3.58. The van der Waals surface area contributed by atoms with E-state index in [1.165, 1.54) is 11.3 Å². The number of nitrogens with one attached hydrogen (secondary N) is 1. The highest BCUT2D eigenvalue weighted by molar-refractivity contribution is 5.52. The van der Waals surface area contributed by atoms with E-state index < -0.39 is 0 Å². The molecule has 0 amide bonds. The standard InChI is InChI=1S/C23H27N5O/c1-29-21-9-7-19(8-10-21)11-12-24-22-17-23(26-18-25-22)28-15-13-27(14-16-28)20-5-3-2-4-6-20/h2-10,17-18H,11-16H2,1H3,(H,24,25,26). The fraction of sp³-hybridized carbons (Fsp3) is 0.304. The van der Waals surface area contributed by atoms with Crippen LogP contribution in [-0.4, -0.2) is 49.8 Å². The Kier molecular flexibility index (Phi) is 6.10. The molecule has 2 heterocycles. The summed E-state index contributed by atoms with van der Waals surface area (Å²) in [5.41, 5.74) is 2.56. The average Bonchev–Trinajstić information content (AvgIpc) is 2.80. The molecule has 4 rings (SSSR count). The molecular weight excluding hydrogens is 362 g/mol. The van der Waals surface area contributed by atoms with Crippen LogP contribution < -0.4 is 19.9 Å². The maximum atomic E-state index is 5.21. The van der Waals surface area contributed by atoms with Gasteiger partial charge in [-0.25, -0.2) is 9.97 Å². The Morgan fingerprint density at radius 2 is 1.62 bits per heavy atom. The van der Waals surface area contributed by atoms with E-state index in [0.29, 0.717) is 0 Å². The second-order valence-corrected chi connectivity index (χ2v) is 7.10. The van der Waals surface area contributed by atoms with Crippen LogP contribution >= 0.6 is 0 Å². The first-order valence-corrected chi connectivity index (χ1v) is 10.1. The SMILES string of the molecule is COc1ccc(CCNc2cc(N3CCN(c4ccccc4)CC3)ncn2)cc1. The van der Waals surface area contributed by atoms with Gasteiger partial charge < -0.3 is 19.9 Å². The van der Waals surface area contributed by atoms with Crippen molar-refractivity contribution in [1.82, 2.24) is 9.97 Å². The normalized spacial score (nSPS) is 14.0. The number of anilines is 3. The van der Waals surface area contributed by atoms with E-state index in [-0.39, 0.29) is 0 Å². The third kappa shape index (κ3) is 4.96. The van der Waals surface area contributed by atoms with Crippen molar-refractivity contribution in [3.63, 3.8) is 0 Å². The van der Waals surface area contributed by atoms with Crippen LogP contribution in [0, 0.1) is 0 Å². The third-order valence-corrected chi connectivity index (χ3v) is 5.26. The van der Waals surface area contributed by atoms with E-state index in [1.54, 1.807) is 13.4 Å². The molecule has 3 aromatic rings. The van der Waals surface area contributed by atoms with Gasteiger partial charge in [0.25, 0.3) is 0 Å². The monoisotopic (exact) mass is 389 g/mol. The zero-order valence-electron chi connectivity index (χ0n) is 16.8. The summed E-state index contributed by atoms with van der Waals surface area (Å²) >= 11 is 0. The summed E-state index contributed by atoms with van der Waals surface area (Å²) in [4.78, 5) is 13.6. The summed E-state index contributed by atoms with van der Waals surface area (Å²) < 4.78 is 5.21. The molecule has 1 aromatic heterocycles. The van der Waals surface area contributed by atoms with Gasteiger partial charge in [0, 0.05) is 44.5 Å². The molecule has 1 saturated heterocycles. The van der Waals surface area contributed by atoms with Gasteiger partial charge in [-0.15, -0.1) is 0 Å². The lowest BCUT2D eigenvalue weighted by molar-refractivity contribution is 0.414. The first-order chi connectivity index (χ1) is 14.3. The van der Waals surface area contributed by atoms with Gasteiger partial charge in [0.15, 0.2) is 0 Å². The van der Waals surface area contributed by atoms with Crippen LogP contribution in [0.25, 0.3) is 0 Å². The van der Waals surface area contributed by atoms with Crippen LogP contribution in [-0.2, 0) is 6.42 Å². The highest BCUT2D eigenvalue weighted by Crippen LogP contribution is 2.20. The lowest BCUT2D eigenvalue weighted by atomic mass is 10.1. The first-order valence-electron chi connectivity index (χ1n) is 10.1. The fourth-order valence-electron chi connectivity index (χ4n) is 3.58. The largest absolute Gasteiger partial charge is 0.497 e. The molecule has 1 aliphatic rings. The van der Waals surface area contributed by atoms with Gasteiger partial charge in [-0.05, 0) is 36.2 Å². The van der Waals surface area contributed by atoms with Gasteiger partial charge in [0.05, 0.1) is 7.11 Å². The third-order valence-electron chi connectivity index (χ3n) is 5.26. The predicted octanol–water partition coefficient (Wildman–Crippen LogP) is 3.47. The number of hydrogen-bond acceptors (Lipinski definition) is 6. The topological polar surface area (TPSA) is 53.5 Å². The molecule has 0 atom stereocenters. The smallest absolute Gasteiger partial charge is 0.134 e. The summed E-state index contributed by atoms with van der Waals surface area (Å²) in [6, 6.07) is 20.8. The quantitative estimate of drug-likeness (QED) is 0.668. The lowest BCUT2D eigenvalue weighted by Crippen LogP contribution is -2.46. The van der Waals surface area contributed by atoms with Crippen LogP contribution in [0.1, 0.15) is 5.56 Å². The maximum absolute atomic E-state index is 5.21. The van der Waals surface area contributed by atoms with Gasteiger partial charge >= 0.3 is 0 Å². The molecule has 0 radical (unpaired) electrons. The number of nitrogens with zero attached hydrogens (tertiary/aromatic N) is 4. The highest BCUT2D eigenvalue weighted by Gasteiger charge is 2.18. The van der Waals surface area contributed by atoms with Crippen molar-refractivity contribution in [3.05, 3.63) is 72.6 Å². The second kappa shape index (κ2) is 9.28. The van der Waals surface area contributed by atoms with E-state index in [0.717, 1.165) is 56.5 Å². The minimum absolute atomic E-state index is 0.824. The van der Waals surface area contributed by atoms with Gasteiger partial charge in [-0.2, -0.15) is 0 Å². The number of piperazine rings is 1. The number of para-hydroxylation sites is 1. The highest BCUT2D eigenvalue weighted by atomic mass is 16.5. The Morgan fingerprint density at radius 3 is 2.34 bits per heavy atom. The first kappa shape index (κ1) is 19.1. The van der Waals surface area contributed by atoms with E-state index in [2.05, 4.69) is 67.5 Å². The molecule has 0 aliphatic carbocycles. The molecule has 0 saturated carbocycles. The van der Waals surface area contributed by atoms with E-state index in [1.807, 2.05) is 18.2 Å². The summed E-state index contributed by atoms with van der Waals surface area (Å²) in [6.45, 7) is 4.72. The summed E-state index contributed by atoms with van der Waals surface area (Å²) in [6.07, 6.45) is 2.58. The molecule has 1 fully saturated rings. The van der Waals surface area contributed by atoms with Gasteiger partial charge in [0.2, 0.25) is 0 Å². The minimum Gasteiger partial charge on any atom is -0.497 e. The van der Waals surface area contributed by atoms with E-state index in [9.17, 15) is 0 Å². The molecule has 6 nitrogen and oxygen atoms in total. The minimum atomic E-state index is 0.824. The Morgan fingerprint density at radius 1 is 0.897 bits per heavy atom. The van der Waals surface area contributed by atoms with Crippen molar-refractivity contribution in [2.75, 3.05) is 55.0 Å². The van der Waals surface area contributed by atoms with Crippen LogP contribution in [0.3, 0.4) is 0 Å². The molecular formula is C23H27N5O. The average molecular weight is 390 g/mol. The summed E-state index contributed by atoms with van der Waals surface area (Å²) in [5.74, 6) is 2.74. The molecule has 6 heteroatoms. The Balaban J connectivity index is 1.29. The van der Waals surface area contributed by atoms with Crippen LogP contribution in [0.5, 0.6) is 5.75 Å². The predicted molar refractivity (Wildman–Crippen MR) is 118 cm³/mol. The Hall–Kier alpha value is -3.28. The summed E-state index contributed by atoms with van der Waals surface area (Å²) in [5, 5.41) is 3.42. The molecule has 0 bridgehead atoms. The molecule has 0 unspecified atom stereocenters. The molecule has 1 aliphatic heterocycles. The molecule has 0 spiro atoms. The molecule has 29 heavy (non-hydrogen) atoms. The van der Waals surface area contributed by atoms with Crippen molar-refractivity contribution in [2.45, 2.75) is 6.42 Å². The zero-order valence-corrected chi connectivity index (χ0v) is 16.8. The Labute approximate surface area is 172 Å². The number of hydrogen-bond donors (Lipinski definition) is 1. The van der Waals surface area contributed by atoms with Crippen molar-refractivity contribution in [1.29, 1.82) is 0 Å². The molecule has 150 valence electrons. The van der Waals surface area contributed by atoms with Crippen molar-refractivity contribution in [3.8, 4) is 5.75 Å². The number of aromatic nitrogens is 2. The zero-order chi connectivity index (χ0) is 19.9. The van der Waals surface area contributed by atoms with Gasteiger partial charge in [-0.3, -0.25) is 0 Å². The summed E-state index contributed by atoms with van der Waals surface area (Å²) in [7, 11) is 1.69. The van der Waals surface area contributed by atoms with Crippen molar-refractivity contribution in [2.24, 2.45) is 0 Å². The van der Waals surface area contributed by atoms with Crippen molar-refractivity contribution >= 4 is 17.3 Å². The van der Waals surface area contributed by atoms with Gasteiger partial charge in [0.1, 0.15) is 23.7 Å². The molecule has 1 N–H and O–H groups in total. The van der Waals surface area contributed by atoms with Crippen LogP contribution in [0.2, 0.25) is 0 Å². The van der Waals surface area contributed by atoms with Gasteiger partial charge in [-0.1, -0.05) is 30.3 Å². The number of benzene rings is 2.